The molecule has 0 bridgehead atoms. The highest BCUT2D eigenvalue weighted by molar-refractivity contribution is 7.87. The van der Waals surface area contributed by atoms with Gasteiger partial charge in [-0.25, -0.2) is 4.79 Å². The van der Waals surface area contributed by atoms with Crippen LogP contribution in [-0.4, -0.2) is 15.5 Å². The Kier molecular flexibility index (Phi) is 4.02. The molecule has 0 amide bonds. The Morgan fingerprint density at radius 3 is 2.50 bits per heavy atom. The zero-order valence-corrected chi connectivity index (χ0v) is 13.8. The fraction of sp³-hybridized carbons (Fsp3) is 0.118. The summed E-state index contributed by atoms with van der Waals surface area (Å²) >= 11 is 0. The molecule has 0 aliphatic carbocycles. The number of hydrogen-bond donors (Lipinski definition) is 0. The maximum atomic E-state index is 12.5. The normalized spacial score (nSPS) is 11.4. The zero-order valence-electron chi connectivity index (χ0n) is 13.0. The lowest BCUT2D eigenvalue weighted by Gasteiger charge is -2.11. The Bertz CT molecular complexity index is 1070. The van der Waals surface area contributed by atoms with E-state index >= 15 is 0 Å². The van der Waals surface area contributed by atoms with Gasteiger partial charge in [0.2, 0.25) is 0 Å². The SMILES string of the molecule is COc1cc(C)ccc1OS(=O)(=O)c1ccc2oc(=O)ccc2c1. The summed E-state index contributed by atoms with van der Waals surface area (Å²) in [5.41, 5.74) is 0.713. The van der Waals surface area contributed by atoms with E-state index in [1.165, 1.54) is 43.5 Å². The third kappa shape index (κ3) is 3.11. The van der Waals surface area contributed by atoms with Crippen LogP contribution in [0, 0.1) is 6.92 Å². The average Bonchev–Trinajstić information content (AvgIpc) is 2.55. The Labute approximate surface area is 138 Å². The lowest BCUT2D eigenvalue weighted by molar-refractivity contribution is 0.390. The first-order valence-corrected chi connectivity index (χ1v) is 8.43. The van der Waals surface area contributed by atoms with Crippen LogP contribution in [0.5, 0.6) is 11.5 Å². The van der Waals surface area contributed by atoms with Crippen molar-refractivity contribution in [2.24, 2.45) is 0 Å². The number of hydrogen-bond acceptors (Lipinski definition) is 6. The average molecular weight is 346 g/mol. The summed E-state index contributed by atoms with van der Waals surface area (Å²) in [6, 6.07) is 11.8. The molecule has 0 radical (unpaired) electrons. The third-order valence-electron chi connectivity index (χ3n) is 3.40. The minimum absolute atomic E-state index is 0.0496. The van der Waals surface area contributed by atoms with Crippen molar-refractivity contribution in [1.29, 1.82) is 0 Å². The second-order valence-electron chi connectivity index (χ2n) is 5.15. The molecule has 7 heteroatoms. The number of aryl methyl sites for hydroxylation is 1. The maximum absolute atomic E-state index is 12.5. The van der Waals surface area contributed by atoms with Crippen molar-refractivity contribution in [3.63, 3.8) is 0 Å². The van der Waals surface area contributed by atoms with Gasteiger partial charge in [-0.3, -0.25) is 0 Å². The minimum Gasteiger partial charge on any atom is -0.493 e. The van der Waals surface area contributed by atoms with Gasteiger partial charge in [0.1, 0.15) is 10.5 Å². The van der Waals surface area contributed by atoms with Crippen molar-refractivity contribution < 1.29 is 21.8 Å². The zero-order chi connectivity index (χ0) is 17.3. The fourth-order valence-electron chi connectivity index (χ4n) is 2.22. The van der Waals surface area contributed by atoms with Gasteiger partial charge in [-0.05, 0) is 48.9 Å². The molecule has 0 aliphatic heterocycles. The summed E-state index contributed by atoms with van der Waals surface area (Å²) < 4.78 is 40.3. The van der Waals surface area contributed by atoms with Crippen molar-refractivity contribution >= 4 is 21.1 Å². The first-order valence-electron chi connectivity index (χ1n) is 7.02. The first-order chi connectivity index (χ1) is 11.4. The lowest BCUT2D eigenvalue weighted by atomic mass is 10.2. The van der Waals surface area contributed by atoms with E-state index in [9.17, 15) is 13.2 Å². The van der Waals surface area contributed by atoms with Crippen LogP contribution in [0.1, 0.15) is 5.56 Å². The summed E-state index contributed by atoms with van der Waals surface area (Å²) in [7, 11) is -2.62. The topological polar surface area (TPSA) is 82.8 Å². The predicted molar refractivity (Wildman–Crippen MR) is 88.0 cm³/mol. The van der Waals surface area contributed by atoms with Crippen molar-refractivity contribution in [1.82, 2.24) is 0 Å². The molecule has 6 nitrogen and oxygen atoms in total. The van der Waals surface area contributed by atoms with Gasteiger partial charge in [-0.2, -0.15) is 8.42 Å². The molecule has 24 heavy (non-hydrogen) atoms. The molecular formula is C17H14O6S. The monoisotopic (exact) mass is 346 g/mol. The van der Waals surface area contributed by atoms with Crippen LogP contribution in [-0.2, 0) is 10.1 Å². The lowest BCUT2D eigenvalue weighted by Crippen LogP contribution is -2.10. The van der Waals surface area contributed by atoms with E-state index < -0.39 is 15.7 Å². The van der Waals surface area contributed by atoms with Crippen LogP contribution in [0.2, 0.25) is 0 Å². The molecule has 0 fully saturated rings. The van der Waals surface area contributed by atoms with Crippen molar-refractivity contribution in [3.05, 3.63) is 64.5 Å². The Morgan fingerprint density at radius 2 is 1.75 bits per heavy atom. The molecule has 0 saturated carbocycles. The van der Waals surface area contributed by atoms with Gasteiger partial charge in [0, 0.05) is 11.5 Å². The number of rotatable bonds is 4. The van der Waals surface area contributed by atoms with E-state index in [4.69, 9.17) is 13.3 Å². The highest BCUT2D eigenvalue weighted by Crippen LogP contribution is 2.31. The maximum Gasteiger partial charge on any atom is 0.339 e. The summed E-state index contributed by atoms with van der Waals surface area (Å²) in [5, 5.41) is 0.482. The van der Waals surface area contributed by atoms with E-state index in [1.54, 1.807) is 12.1 Å². The number of methoxy groups -OCH3 is 1. The minimum atomic E-state index is -4.06. The van der Waals surface area contributed by atoms with Gasteiger partial charge in [0.05, 0.1) is 7.11 Å². The second kappa shape index (κ2) is 6.01. The van der Waals surface area contributed by atoms with Gasteiger partial charge in [0.25, 0.3) is 0 Å². The van der Waals surface area contributed by atoms with Crippen molar-refractivity contribution in [3.8, 4) is 11.5 Å². The highest BCUT2D eigenvalue weighted by atomic mass is 32.2. The summed E-state index contributed by atoms with van der Waals surface area (Å²) in [6.07, 6.45) is 0. The second-order valence-corrected chi connectivity index (χ2v) is 6.69. The summed E-state index contributed by atoms with van der Waals surface area (Å²) in [4.78, 5) is 11.1. The first kappa shape index (κ1) is 16.1. The van der Waals surface area contributed by atoms with E-state index in [-0.39, 0.29) is 10.6 Å². The highest BCUT2D eigenvalue weighted by Gasteiger charge is 2.20. The molecule has 0 N–H and O–H groups in total. The molecule has 0 atom stereocenters. The number of fused-ring (bicyclic) bond motifs is 1. The van der Waals surface area contributed by atoms with Crippen LogP contribution in [0.25, 0.3) is 11.0 Å². The Morgan fingerprint density at radius 1 is 0.958 bits per heavy atom. The summed E-state index contributed by atoms with van der Waals surface area (Å²) in [5.74, 6) is 0.424. The van der Waals surface area contributed by atoms with Gasteiger partial charge in [-0.1, -0.05) is 6.07 Å². The quantitative estimate of drug-likeness (QED) is 0.534. The van der Waals surface area contributed by atoms with Crippen LogP contribution in [0.4, 0.5) is 0 Å². The van der Waals surface area contributed by atoms with E-state index in [0.717, 1.165) is 5.56 Å². The standard InChI is InChI=1S/C17H14O6S/c1-11-3-6-15(16(9-11)21-2)23-24(19,20)13-5-7-14-12(10-13)4-8-17(18)22-14/h3-10H,1-2H3. The number of ether oxygens (including phenoxy) is 1. The molecule has 3 aromatic rings. The van der Waals surface area contributed by atoms with Gasteiger partial charge < -0.3 is 13.3 Å². The van der Waals surface area contributed by atoms with Gasteiger partial charge in [0.15, 0.2) is 11.5 Å². The molecule has 0 aliphatic rings. The van der Waals surface area contributed by atoms with Crippen LogP contribution in [0.15, 0.2) is 62.6 Å². The molecule has 1 heterocycles. The molecule has 124 valence electrons. The van der Waals surface area contributed by atoms with Crippen molar-refractivity contribution in [2.45, 2.75) is 11.8 Å². The molecule has 0 spiro atoms. The third-order valence-corrected chi connectivity index (χ3v) is 4.63. The van der Waals surface area contributed by atoms with E-state index in [0.29, 0.717) is 16.7 Å². The van der Waals surface area contributed by atoms with E-state index in [2.05, 4.69) is 0 Å². The molecule has 2 aromatic carbocycles. The predicted octanol–water partition coefficient (Wildman–Crippen LogP) is 2.88. The molecule has 3 rings (SSSR count). The molecule has 0 unspecified atom stereocenters. The van der Waals surface area contributed by atoms with Crippen LogP contribution < -0.4 is 14.5 Å². The molecule has 0 saturated heterocycles. The smallest absolute Gasteiger partial charge is 0.339 e. The van der Waals surface area contributed by atoms with Gasteiger partial charge in [-0.15, -0.1) is 0 Å². The number of benzene rings is 2. The Hall–Kier alpha value is -2.80. The van der Waals surface area contributed by atoms with Gasteiger partial charge >= 0.3 is 15.7 Å². The molecular weight excluding hydrogens is 332 g/mol. The van der Waals surface area contributed by atoms with Crippen molar-refractivity contribution in [2.75, 3.05) is 7.11 Å². The summed E-state index contributed by atoms with van der Waals surface area (Å²) in [6.45, 7) is 1.86. The van der Waals surface area contributed by atoms with Crippen LogP contribution in [0.3, 0.4) is 0 Å². The molecule has 1 aromatic heterocycles. The van der Waals surface area contributed by atoms with E-state index in [1.807, 2.05) is 6.92 Å². The largest absolute Gasteiger partial charge is 0.493 e. The Balaban J connectivity index is 2.02. The van der Waals surface area contributed by atoms with Crippen LogP contribution >= 0.6 is 0 Å². The fourth-order valence-corrected chi connectivity index (χ4v) is 3.19.